The van der Waals surface area contributed by atoms with Gasteiger partial charge >= 0.3 is 7.82 Å². The van der Waals surface area contributed by atoms with Crippen LogP contribution in [0.25, 0.3) is 0 Å². The molecule has 0 aliphatic carbocycles. The Bertz CT molecular complexity index is 1740. The zero-order valence-corrected chi connectivity index (χ0v) is 33.6. The average Bonchev–Trinajstić information content (AvgIpc) is 3.61. The summed E-state index contributed by atoms with van der Waals surface area (Å²) in [4.78, 5) is 130. The zero-order valence-electron chi connectivity index (χ0n) is 32.7. The van der Waals surface area contributed by atoms with Crippen molar-refractivity contribution in [3.63, 3.8) is 0 Å². The fourth-order valence-electron chi connectivity index (χ4n) is 6.74. The molecule has 21 heteroatoms. The van der Waals surface area contributed by atoms with Crippen LogP contribution in [0.15, 0.2) is 24.3 Å². The monoisotopic (exact) mass is 822 g/mol. The largest absolute Gasteiger partial charge is 0.524 e. The number of Topliss-reactive ketones (excluding diaryl/α,β-unsaturated/α-hetero) is 1. The van der Waals surface area contributed by atoms with Gasteiger partial charge in [-0.05, 0) is 75.1 Å². The van der Waals surface area contributed by atoms with Gasteiger partial charge in [-0.2, -0.15) is 0 Å². The molecule has 1 aromatic rings. The standard InChI is InChI=1S/C36H55N8O12P/c1-19(2)28-33(50)39-25(18-27(38)46)31(48)42-29(20(3)4)34(51)44-16-8-9-26(44)32(49)43-36(21(5)45,14-6-7-15-37)35(52)40-24(30(47)41-28)17-22-10-12-23(13-11-22)56-57(53,54)55/h10-13,19-20,24-26,28-29H,6-9,14-18,37H2,1-5H3,(H2,38,46)(H,39,50)(H,40,52)(H,41,47)(H,42,48)(H,43,49)(H2,53,54,55)/t24-,25-,26-,28-,29-,36+/m0/s1. The van der Waals surface area contributed by atoms with E-state index < -0.39 is 109 Å². The molecule has 20 nitrogen and oxygen atoms in total. The van der Waals surface area contributed by atoms with E-state index in [0.29, 0.717) is 18.4 Å². The fourth-order valence-corrected chi connectivity index (χ4v) is 7.14. The Morgan fingerprint density at radius 2 is 1.47 bits per heavy atom. The maximum atomic E-state index is 14.5. The number of ketones is 1. The molecule has 2 heterocycles. The highest BCUT2D eigenvalue weighted by Gasteiger charge is 2.49. The number of phosphoric acid groups is 1. The van der Waals surface area contributed by atoms with Crippen LogP contribution in [0.2, 0.25) is 0 Å². The summed E-state index contributed by atoms with van der Waals surface area (Å²) >= 11 is 0. The number of nitrogens with one attached hydrogen (secondary N) is 5. The van der Waals surface area contributed by atoms with Crippen LogP contribution in [0, 0.1) is 11.8 Å². The summed E-state index contributed by atoms with van der Waals surface area (Å²) in [5.41, 5.74) is 9.24. The van der Waals surface area contributed by atoms with Crippen LogP contribution in [0.4, 0.5) is 0 Å². The third kappa shape index (κ3) is 12.5. The SMILES string of the molecule is CC(=O)[C@@]1(CCCCN)NC(=O)[C@@H]2CCCN2C(=O)[C@H](C(C)C)NC(=O)[C@H](CC(N)=O)NC(=O)[C@H](C(C)C)NC(=O)[C@H](Cc2ccc(OP(=O)(O)O)cc2)NC1=O. The van der Waals surface area contributed by atoms with E-state index in [0.717, 1.165) is 6.92 Å². The summed E-state index contributed by atoms with van der Waals surface area (Å²) in [5.74, 6) is -8.40. The number of hydrogen-bond acceptors (Lipinski definition) is 11. The number of carbonyl (C=O) groups is 8. The maximum absolute atomic E-state index is 14.5. The molecule has 0 bridgehead atoms. The van der Waals surface area contributed by atoms with Crippen molar-refractivity contribution in [3.05, 3.63) is 29.8 Å². The summed E-state index contributed by atoms with van der Waals surface area (Å²) < 4.78 is 15.9. The molecule has 316 valence electrons. The Morgan fingerprint density at radius 3 is 2.02 bits per heavy atom. The normalized spacial score (nSPS) is 25.7. The van der Waals surface area contributed by atoms with Gasteiger partial charge in [0.1, 0.15) is 36.0 Å². The zero-order chi connectivity index (χ0) is 42.8. The van der Waals surface area contributed by atoms with Crippen molar-refractivity contribution in [2.75, 3.05) is 13.1 Å². The smallest absolute Gasteiger partial charge is 0.404 e. The number of phosphoric ester groups is 1. The number of carbonyl (C=O) groups excluding carboxylic acids is 8. The predicted molar refractivity (Wildman–Crippen MR) is 203 cm³/mol. The lowest BCUT2D eigenvalue weighted by atomic mass is 9.86. The van der Waals surface area contributed by atoms with Gasteiger partial charge in [-0.3, -0.25) is 48.1 Å². The van der Waals surface area contributed by atoms with Gasteiger partial charge in [0.15, 0.2) is 11.3 Å². The average molecular weight is 823 g/mol. The van der Waals surface area contributed by atoms with Crippen LogP contribution < -0.4 is 42.6 Å². The molecule has 0 unspecified atom stereocenters. The van der Waals surface area contributed by atoms with Crippen LogP contribution in [-0.4, -0.2) is 111 Å². The first-order chi connectivity index (χ1) is 26.6. The molecule has 0 aromatic heterocycles. The van der Waals surface area contributed by atoms with Crippen molar-refractivity contribution in [1.82, 2.24) is 31.5 Å². The third-order valence-corrected chi connectivity index (χ3v) is 10.3. The molecule has 0 spiro atoms. The Kier molecular flexibility index (Phi) is 16.3. The molecule has 11 N–H and O–H groups in total. The van der Waals surface area contributed by atoms with Crippen molar-refractivity contribution in [2.45, 2.75) is 115 Å². The van der Waals surface area contributed by atoms with E-state index in [1.54, 1.807) is 27.7 Å². The third-order valence-electron chi connectivity index (χ3n) is 9.89. The van der Waals surface area contributed by atoms with E-state index in [2.05, 4.69) is 31.1 Å². The molecule has 2 aliphatic heterocycles. The second kappa shape index (κ2) is 20.0. The molecule has 2 aliphatic rings. The molecule has 2 saturated heterocycles. The highest BCUT2D eigenvalue weighted by molar-refractivity contribution is 7.46. The van der Waals surface area contributed by atoms with Crippen molar-refractivity contribution >= 4 is 55.0 Å². The Hall–Kier alpha value is -4.91. The first kappa shape index (κ1) is 46.5. The van der Waals surface area contributed by atoms with E-state index in [4.69, 9.17) is 11.5 Å². The van der Waals surface area contributed by atoms with E-state index in [1.165, 1.54) is 29.2 Å². The number of rotatable bonds is 13. The molecule has 3 rings (SSSR count). The van der Waals surface area contributed by atoms with Gasteiger partial charge in [-0.15, -0.1) is 0 Å². The minimum absolute atomic E-state index is 0.0974. The quantitative estimate of drug-likeness (QED) is 0.0616. The Balaban J connectivity index is 2.21. The van der Waals surface area contributed by atoms with E-state index in [-0.39, 0.29) is 44.5 Å². The topological polar surface area (TPSA) is 319 Å². The molecule has 0 saturated carbocycles. The first-order valence-corrected chi connectivity index (χ1v) is 20.3. The number of unbranched alkanes of at least 4 members (excludes halogenated alkanes) is 1. The van der Waals surface area contributed by atoms with Gasteiger partial charge in [0, 0.05) is 13.0 Å². The van der Waals surface area contributed by atoms with E-state index in [1.807, 2.05) is 0 Å². The Labute approximate surface area is 330 Å². The lowest BCUT2D eigenvalue weighted by Crippen LogP contribution is -2.68. The van der Waals surface area contributed by atoms with Gasteiger partial charge in [-0.1, -0.05) is 39.8 Å². The van der Waals surface area contributed by atoms with E-state index >= 15 is 0 Å². The minimum Gasteiger partial charge on any atom is -0.404 e. The van der Waals surface area contributed by atoms with Gasteiger partial charge in [0.25, 0.3) is 5.91 Å². The maximum Gasteiger partial charge on any atom is 0.524 e. The summed E-state index contributed by atoms with van der Waals surface area (Å²) in [6.45, 7) is 7.86. The molecule has 57 heavy (non-hydrogen) atoms. The molecule has 2 fully saturated rings. The molecule has 7 amide bonds. The van der Waals surface area contributed by atoms with Gasteiger partial charge in [0.2, 0.25) is 35.4 Å². The second-order valence-corrected chi connectivity index (χ2v) is 16.2. The van der Waals surface area contributed by atoms with Gasteiger partial charge in [0.05, 0.1) is 6.42 Å². The fraction of sp³-hybridized carbons (Fsp3) is 0.611. The van der Waals surface area contributed by atoms with Crippen molar-refractivity contribution in [1.29, 1.82) is 0 Å². The molecular formula is C36H55N8O12P. The van der Waals surface area contributed by atoms with Crippen LogP contribution in [0.3, 0.4) is 0 Å². The lowest BCUT2D eigenvalue weighted by Gasteiger charge is -2.36. The lowest BCUT2D eigenvalue weighted by molar-refractivity contribution is -0.147. The van der Waals surface area contributed by atoms with Gasteiger partial charge < -0.3 is 47.5 Å². The number of fused-ring (bicyclic) bond motifs is 1. The van der Waals surface area contributed by atoms with Crippen LogP contribution >= 0.6 is 7.82 Å². The highest BCUT2D eigenvalue weighted by Crippen LogP contribution is 2.37. The Morgan fingerprint density at radius 1 is 0.877 bits per heavy atom. The summed E-state index contributed by atoms with van der Waals surface area (Å²) in [6, 6.07) is -1.74. The molecule has 0 radical (unpaired) electrons. The summed E-state index contributed by atoms with van der Waals surface area (Å²) in [5, 5.41) is 12.9. The van der Waals surface area contributed by atoms with E-state index in [9.17, 15) is 52.7 Å². The van der Waals surface area contributed by atoms with Crippen LogP contribution in [-0.2, 0) is 49.3 Å². The van der Waals surface area contributed by atoms with Crippen molar-refractivity contribution in [3.8, 4) is 5.75 Å². The number of hydrogen-bond donors (Lipinski definition) is 9. The number of nitrogens with two attached hydrogens (primary N) is 2. The second-order valence-electron chi connectivity index (χ2n) is 15.0. The summed E-state index contributed by atoms with van der Waals surface area (Å²) in [6.07, 6.45) is -0.135. The number of primary amides is 1. The highest BCUT2D eigenvalue weighted by atomic mass is 31.2. The van der Waals surface area contributed by atoms with Crippen molar-refractivity contribution in [2.24, 2.45) is 23.3 Å². The van der Waals surface area contributed by atoms with Crippen LogP contribution in [0.5, 0.6) is 5.75 Å². The summed E-state index contributed by atoms with van der Waals surface area (Å²) in [7, 11) is -4.90. The molecule has 1 aromatic carbocycles. The van der Waals surface area contributed by atoms with Crippen LogP contribution in [0.1, 0.15) is 78.7 Å². The molecule has 6 atom stereocenters. The molecular weight excluding hydrogens is 767 g/mol. The first-order valence-electron chi connectivity index (χ1n) is 18.8. The number of nitrogens with zero attached hydrogens (tertiary/aromatic N) is 1. The number of amides is 7. The predicted octanol–water partition coefficient (Wildman–Crippen LogP) is -1.60. The van der Waals surface area contributed by atoms with Crippen molar-refractivity contribution < 1.29 is 57.2 Å². The number of benzene rings is 1. The minimum atomic E-state index is -4.90. The van der Waals surface area contributed by atoms with Gasteiger partial charge in [-0.25, -0.2) is 4.57 Å².